The highest BCUT2D eigenvalue weighted by atomic mass is 16.5. The van der Waals surface area contributed by atoms with Crippen molar-refractivity contribution in [1.29, 1.82) is 0 Å². The summed E-state index contributed by atoms with van der Waals surface area (Å²) in [6.07, 6.45) is 1.52. The van der Waals surface area contributed by atoms with Crippen LogP contribution in [0, 0.1) is 0 Å². The van der Waals surface area contributed by atoms with Crippen LogP contribution in [0.2, 0.25) is 0 Å². The van der Waals surface area contributed by atoms with Gasteiger partial charge in [0.1, 0.15) is 11.3 Å². The minimum absolute atomic E-state index is 0.0991. The van der Waals surface area contributed by atoms with Crippen LogP contribution >= 0.6 is 0 Å². The predicted molar refractivity (Wildman–Crippen MR) is 105 cm³/mol. The van der Waals surface area contributed by atoms with Crippen LogP contribution in [0.15, 0.2) is 51.9 Å². The number of ether oxygens (including phenoxy) is 1. The first-order valence-corrected chi connectivity index (χ1v) is 8.77. The molecule has 7 nitrogen and oxygen atoms in total. The molecule has 3 aromatic rings. The predicted octanol–water partition coefficient (Wildman–Crippen LogP) is 3.23. The van der Waals surface area contributed by atoms with Crippen LogP contribution in [0.5, 0.6) is 5.75 Å². The fraction of sp³-hybridized carbons (Fsp3) is 0.190. The summed E-state index contributed by atoms with van der Waals surface area (Å²) in [6, 6.07) is 10.4. The molecular formula is C21H18N2O5. The van der Waals surface area contributed by atoms with Gasteiger partial charge < -0.3 is 19.8 Å². The molecule has 0 radical (unpaired) electrons. The Morgan fingerprint density at radius 1 is 1.21 bits per heavy atom. The normalized spacial score (nSPS) is 15.6. The van der Waals surface area contributed by atoms with Gasteiger partial charge in [-0.3, -0.25) is 14.4 Å². The summed E-state index contributed by atoms with van der Waals surface area (Å²) in [5.41, 5.74) is 2.44. The van der Waals surface area contributed by atoms with Crippen molar-refractivity contribution >= 4 is 34.2 Å². The molecule has 142 valence electrons. The van der Waals surface area contributed by atoms with Crippen molar-refractivity contribution in [1.82, 2.24) is 0 Å². The highest BCUT2D eigenvalue weighted by Crippen LogP contribution is 2.41. The molecule has 4 rings (SSSR count). The molecule has 28 heavy (non-hydrogen) atoms. The molecule has 1 aliphatic rings. The molecular weight excluding hydrogens is 360 g/mol. The van der Waals surface area contributed by atoms with Crippen LogP contribution < -0.4 is 20.8 Å². The van der Waals surface area contributed by atoms with Gasteiger partial charge in [0.05, 0.1) is 24.4 Å². The first-order valence-electron chi connectivity index (χ1n) is 8.77. The Bertz CT molecular complexity index is 1170. The Kier molecular flexibility index (Phi) is 4.35. The summed E-state index contributed by atoms with van der Waals surface area (Å²) in [4.78, 5) is 36.9. The highest BCUT2D eigenvalue weighted by molar-refractivity contribution is 5.98. The van der Waals surface area contributed by atoms with E-state index in [0.29, 0.717) is 39.2 Å². The summed E-state index contributed by atoms with van der Waals surface area (Å²) in [6.45, 7) is 1.40. The maximum Gasteiger partial charge on any atom is 0.225 e. The lowest BCUT2D eigenvalue weighted by Crippen LogP contribution is -2.27. The average molecular weight is 378 g/mol. The molecule has 0 unspecified atom stereocenters. The number of fused-ring (bicyclic) bond motifs is 2. The van der Waals surface area contributed by atoms with Crippen molar-refractivity contribution in [2.45, 2.75) is 19.3 Å². The van der Waals surface area contributed by atoms with Gasteiger partial charge in [0, 0.05) is 36.6 Å². The highest BCUT2D eigenvalue weighted by Gasteiger charge is 2.30. The van der Waals surface area contributed by atoms with E-state index in [1.165, 1.54) is 20.3 Å². The van der Waals surface area contributed by atoms with E-state index in [9.17, 15) is 14.4 Å². The van der Waals surface area contributed by atoms with E-state index in [0.717, 1.165) is 0 Å². The second-order valence-electron chi connectivity index (χ2n) is 6.64. The largest absolute Gasteiger partial charge is 0.494 e. The second kappa shape index (κ2) is 6.84. The molecule has 2 heterocycles. The number of amides is 2. The van der Waals surface area contributed by atoms with E-state index in [2.05, 4.69) is 10.6 Å². The standard InChI is InChI=1S/C21H18N2O5/c1-11(24)22-17-7-14-13(8-20(25)23-16(14)9-19(17)27-2)15-10-28-18-6-4-3-5-12(18)21(15)26/h3-7,9-10,13H,8H2,1-2H3,(H,22,24)(H,23,25)/t13-/m0/s1. The van der Waals surface area contributed by atoms with Crippen molar-refractivity contribution in [2.24, 2.45) is 0 Å². The summed E-state index contributed by atoms with van der Waals surface area (Å²) < 4.78 is 11.0. The van der Waals surface area contributed by atoms with Gasteiger partial charge >= 0.3 is 0 Å². The fourth-order valence-electron chi connectivity index (χ4n) is 3.56. The summed E-state index contributed by atoms with van der Waals surface area (Å²) in [7, 11) is 1.48. The molecule has 2 N–H and O–H groups in total. The number of methoxy groups -OCH3 is 1. The van der Waals surface area contributed by atoms with Crippen molar-refractivity contribution in [3.63, 3.8) is 0 Å². The van der Waals surface area contributed by atoms with Gasteiger partial charge in [-0.15, -0.1) is 0 Å². The zero-order valence-electron chi connectivity index (χ0n) is 15.4. The third-order valence-electron chi connectivity index (χ3n) is 4.80. The monoisotopic (exact) mass is 378 g/mol. The van der Waals surface area contributed by atoms with Crippen LogP contribution in [0.4, 0.5) is 11.4 Å². The maximum atomic E-state index is 13.0. The Morgan fingerprint density at radius 2 is 2.00 bits per heavy atom. The van der Waals surface area contributed by atoms with E-state index in [1.54, 1.807) is 36.4 Å². The van der Waals surface area contributed by atoms with Crippen molar-refractivity contribution < 1.29 is 18.7 Å². The molecule has 7 heteroatoms. The van der Waals surface area contributed by atoms with Crippen molar-refractivity contribution in [3.05, 3.63) is 64.0 Å². The lowest BCUT2D eigenvalue weighted by molar-refractivity contribution is -0.117. The second-order valence-corrected chi connectivity index (χ2v) is 6.64. The number of rotatable bonds is 3. The van der Waals surface area contributed by atoms with Crippen LogP contribution in [0.25, 0.3) is 11.0 Å². The molecule has 0 fully saturated rings. The number of hydrogen-bond donors (Lipinski definition) is 2. The topological polar surface area (TPSA) is 97.6 Å². The Labute approximate surface area is 160 Å². The number of nitrogens with one attached hydrogen (secondary N) is 2. The van der Waals surface area contributed by atoms with Gasteiger partial charge in [0.2, 0.25) is 11.8 Å². The minimum Gasteiger partial charge on any atom is -0.494 e. The number of carbonyl (C=O) groups excluding carboxylic acids is 2. The average Bonchev–Trinajstić information content (AvgIpc) is 2.67. The fourth-order valence-corrected chi connectivity index (χ4v) is 3.56. The van der Waals surface area contributed by atoms with E-state index in [1.807, 2.05) is 0 Å². The van der Waals surface area contributed by atoms with E-state index in [4.69, 9.17) is 9.15 Å². The minimum atomic E-state index is -0.497. The Hall–Kier alpha value is -3.61. The molecule has 0 aliphatic carbocycles. The molecule has 0 bridgehead atoms. The first-order chi connectivity index (χ1) is 13.5. The molecule has 1 aliphatic heterocycles. The van der Waals surface area contributed by atoms with E-state index in [-0.39, 0.29) is 23.7 Å². The van der Waals surface area contributed by atoms with Crippen molar-refractivity contribution in [3.8, 4) is 5.75 Å². The maximum absolute atomic E-state index is 13.0. The van der Waals surface area contributed by atoms with Gasteiger partial charge in [-0.2, -0.15) is 0 Å². The summed E-state index contributed by atoms with van der Waals surface area (Å²) >= 11 is 0. The quantitative estimate of drug-likeness (QED) is 0.729. The third-order valence-corrected chi connectivity index (χ3v) is 4.80. The molecule has 0 saturated carbocycles. The third kappa shape index (κ3) is 3.00. The first kappa shape index (κ1) is 17.8. The van der Waals surface area contributed by atoms with Gasteiger partial charge in [0.15, 0.2) is 5.43 Å². The van der Waals surface area contributed by atoms with Crippen LogP contribution in [0.3, 0.4) is 0 Å². The summed E-state index contributed by atoms with van der Waals surface area (Å²) in [5, 5.41) is 5.99. The van der Waals surface area contributed by atoms with Crippen LogP contribution in [0.1, 0.15) is 30.4 Å². The lowest BCUT2D eigenvalue weighted by Gasteiger charge is -2.27. The van der Waals surface area contributed by atoms with Gasteiger partial charge in [-0.25, -0.2) is 0 Å². The number of carbonyl (C=O) groups is 2. The Morgan fingerprint density at radius 3 is 2.75 bits per heavy atom. The smallest absolute Gasteiger partial charge is 0.225 e. The van der Waals surface area contributed by atoms with Gasteiger partial charge in [0.25, 0.3) is 0 Å². The van der Waals surface area contributed by atoms with Crippen molar-refractivity contribution in [2.75, 3.05) is 17.7 Å². The van der Waals surface area contributed by atoms with Crippen LogP contribution in [-0.4, -0.2) is 18.9 Å². The number of hydrogen-bond acceptors (Lipinski definition) is 5. The molecule has 1 atom stereocenters. The van der Waals surface area contributed by atoms with E-state index < -0.39 is 5.92 Å². The zero-order valence-corrected chi connectivity index (χ0v) is 15.4. The van der Waals surface area contributed by atoms with Gasteiger partial charge in [-0.1, -0.05) is 12.1 Å². The molecule has 0 spiro atoms. The van der Waals surface area contributed by atoms with Gasteiger partial charge in [-0.05, 0) is 23.8 Å². The molecule has 2 amide bonds. The van der Waals surface area contributed by atoms with E-state index >= 15 is 0 Å². The summed E-state index contributed by atoms with van der Waals surface area (Å²) in [5.74, 6) is -0.539. The number of anilines is 2. The Balaban J connectivity index is 1.91. The number of para-hydroxylation sites is 1. The molecule has 2 aromatic carbocycles. The number of benzene rings is 2. The SMILES string of the molecule is COc1cc2c(cc1NC(C)=O)[C@@H](c1coc3ccccc3c1=O)CC(=O)N2. The van der Waals surface area contributed by atoms with Crippen LogP contribution in [-0.2, 0) is 9.59 Å². The zero-order chi connectivity index (χ0) is 19.8. The molecule has 0 saturated heterocycles. The lowest BCUT2D eigenvalue weighted by atomic mass is 9.84. The molecule has 1 aromatic heterocycles.